The molecule has 120 valence electrons. The summed E-state index contributed by atoms with van der Waals surface area (Å²) in [5.74, 6) is -0.428. The van der Waals surface area contributed by atoms with Crippen molar-refractivity contribution in [2.24, 2.45) is 0 Å². The van der Waals surface area contributed by atoms with Crippen molar-refractivity contribution in [3.63, 3.8) is 0 Å². The first-order chi connectivity index (χ1) is 10.1. The van der Waals surface area contributed by atoms with Gasteiger partial charge in [0.15, 0.2) is 15.2 Å². The highest BCUT2D eigenvalue weighted by molar-refractivity contribution is 7.18. The molecule has 0 saturated heterocycles. The molecule has 0 fully saturated rings. The lowest BCUT2D eigenvalue weighted by atomic mass is 10.3. The van der Waals surface area contributed by atoms with Crippen molar-refractivity contribution < 1.29 is 9.53 Å². The molecule has 1 aromatic heterocycles. The number of halogens is 1. The molecule has 0 aromatic carbocycles. The first-order valence-electron chi connectivity index (χ1n) is 7.29. The van der Waals surface area contributed by atoms with Crippen LogP contribution in [0.4, 0.5) is 5.13 Å². The summed E-state index contributed by atoms with van der Waals surface area (Å²) in [7, 11) is 1.35. The number of carbonyl (C=O) groups is 1. The zero-order chi connectivity index (χ0) is 15.8. The van der Waals surface area contributed by atoms with Gasteiger partial charge in [-0.25, -0.2) is 9.78 Å². The molecular weight excluding hydrogens is 310 g/mol. The van der Waals surface area contributed by atoms with Crippen LogP contribution in [0.25, 0.3) is 0 Å². The molecule has 7 heteroatoms. The van der Waals surface area contributed by atoms with Crippen LogP contribution in [0.1, 0.15) is 36.9 Å². The summed E-state index contributed by atoms with van der Waals surface area (Å²) in [4.78, 5) is 20.8. The molecule has 0 spiro atoms. The Hall–Kier alpha value is -0.850. The number of carbonyl (C=O) groups excluding carboxylic acids is 1. The minimum absolute atomic E-state index is 0.226. The van der Waals surface area contributed by atoms with E-state index < -0.39 is 5.97 Å². The Labute approximate surface area is 135 Å². The Morgan fingerprint density at radius 2 is 1.90 bits per heavy atom. The standard InChI is InChI=1S/C14H24ClN3O2S/c1-5-17(6-2)9-8-10-18(7-3)14-16-12(15)11(21-14)13(19)20-4/h5-10H2,1-4H3. The Balaban J connectivity index is 2.66. The van der Waals surface area contributed by atoms with Gasteiger partial charge < -0.3 is 14.5 Å². The minimum atomic E-state index is -0.428. The normalized spacial score (nSPS) is 11.0. The van der Waals surface area contributed by atoms with Gasteiger partial charge in [0, 0.05) is 13.1 Å². The average molecular weight is 334 g/mol. The lowest BCUT2D eigenvalue weighted by molar-refractivity contribution is 0.0606. The Morgan fingerprint density at radius 3 is 2.43 bits per heavy atom. The van der Waals surface area contributed by atoms with Crippen LogP contribution < -0.4 is 4.90 Å². The third-order valence-corrected chi connectivity index (χ3v) is 4.88. The number of ether oxygens (including phenoxy) is 1. The van der Waals surface area contributed by atoms with E-state index in [0.717, 1.165) is 44.3 Å². The van der Waals surface area contributed by atoms with Gasteiger partial charge in [-0.05, 0) is 33.0 Å². The second-order valence-corrected chi connectivity index (χ2v) is 5.90. The molecule has 1 rings (SSSR count). The van der Waals surface area contributed by atoms with E-state index in [2.05, 4.69) is 35.6 Å². The number of esters is 1. The molecule has 0 atom stereocenters. The molecule has 0 aliphatic carbocycles. The number of thiazole rings is 1. The zero-order valence-corrected chi connectivity index (χ0v) is 14.8. The van der Waals surface area contributed by atoms with Crippen molar-refractivity contribution in [2.75, 3.05) is 44.7 Å². The molecule has 0 aliphatic heterocycles. The number of hydrogen-bond acceptors (Lipinski definition) is 6. The summed E-state index contributed by atoms with van der Waals surface area (Å²) in [6.07, 6.45) is 1.06. The molecule has 0 N–H and O–H groups in total. The van der Waals surface area contributed by atoms with E-state index in [1.165, 1.54) is 18.4 Å². The highest BCUT2D eigenvalue weighted by atomic mass is 35.5. The summed E-state index contributed by atoms with van der Waals surface area (Å²) < 4.78 is 4.71. The van der Waals surface area contributed by atoms with Crippen LogP contribution in [0, 0.1) is 0 Å². The lowest BCUT2D eigenvalue weighted by Crippen LogP contribution is -2.29. The van der Waals surface area contributed by atoms with E-state index in [1.807, 2.05) is 0 Å². The van der Waals surface area contributed by atoms with Gasteiger partial charge in [-0.1, -0.05) is 36.8 Å². The maximum Gasteiger partial charge on any atom is 0.351 e. The van der Waals surface area contributed by atoms with E-state index in [0.29, 0.717) is 4.88 Å². The van der Waals surface area contributed by atoms with Gasteiger partial charge >= 0.3 is 5.97 Å². The Bertz CT molecular complexity index is 449. The Morgan fingerprint density at radius 1 is 1.24 bits per heavy atom. The molecule has 0 saturated carbocycles. The largest absolute Gasteiger partial charge is 0.465 e. The van der Waals surface area contributed by atoms with Crippen molar-refractivity contribution in [1.82, 2.24) is 9.88 Å². The summed E-state index contributed by atoms with van der Waals surface area (Å²) in [5.41, 5.74) is 0. The molecular formula is C14H24ClN3O2S. The molecule has 1 aromatic rings. The number of rotatable bonds is 9. The molecule has 0 radical (unpaired) electrons. The third-order valence-electron chi connectivity index (χ3n) is 3.39. The number of methoxy groups -OCH3 is 1. The molecule has 1 heterocycles. The topological polar surface area (TPSA) is 45.7 Å². The second kappa shape index (κ2) is 9.23. The third kappa shape index (κ3) is 5.13. The fraction of sp³-hybridized carbons (Fsp3) is 0.714. The van der Waals surface area contributed by atoms with Gasteiger partial charge in [0.1, 0.15) is 0 Å². The SMILES string of the molecule is CCN(CC)CCCN(CC)c1nc(Cl)c(C(=O)OC)s1. The van der Waals surface area contributed by atoms with Gasteiger partial charge in [-0.15, -0.1) is 0 Å². The van der Waals surface area contributed by atoms with E-state index in [9.17, 15) is 4.79 Å². The minimum Gasteiger partial charge on any atom is -0.465 e. The maximum absolute atomic E-state index is 11.6. The maximum atomic E-state index is 11.6. The highest BCUT2D eigenvalue weighted by Gasteiger charge is 2.20. The van der Waals surface area contributed by atoms with E-state index in [4.69, 9.17) is 16.3 Å². The van der Waals surface area contributed by atoms with Crippen LogP contribution in [-0.4, -0.2) is 55.7 Å². The van der Waals surface area contributed by atoms with E-state index in [-0.39, 0.29) is 5.15 Å². The lowest BCUT2D eigenvalue weighted by Gasteiger charge is -2.23. The van der Waals surface area contributed by atoms with Gasteiger partial charge in [-0.3, -0.25) is 0 Å². The van der Waals surface area contributed by atoms with Crippen LogP contribution in [0.3, 0.4) is 0 Å². The highest BCUT2D eigenvalue weighted by Crippen LogP contribution is 2.30. The van der Waals surface area contributed by atoms with Crippen molar-refractivity contribution in [1.29, 1.82) is 0 Å². The molecule has 0 aliphatic rings. The van der Waals surface area contributed by atoms with Crippen molar-refractivity contribution in [2.45, 2.75) is 27.2 Å². The van der Waals surface area contributed by atoms with Gasteiger partial charge in [-0.2, -0.15) is 0 Å². The number of anilines is 1. The summed E-state index contributed by atoms with van der Waals surface area (Å²) in [6, 6.07) is 0. The van der Waals surface area contributed by atoms with Crippen LogP contribution >= 0.6 is 22.9 Å². The first-order valence-corrected chi connectivity index (χ1v) is 8.48. The molecule has 5 nitrogen and oxygen atoms in total. The fourth-order valence-electron chi connectivity index (χ4n) is 2.06. The number of hydrogen-bond donors (Lipinski definition) is 0. The van der Waals surface area contributed by atoms with Gasteiger partial charge in [0.05, 0.1) is 7.11 Å². The molecule has 0 amide bonds. The molecule has 0 bridgehead atoms. The zero-order valence-electron chi connectivity index (χ0n) is 13.2. The first kappa shape index (κ1) is 18.2. The van der Waals surface area contributed by atoms with Crippen molar-refractivity contribution >= 4 is 34.0 Å². The average Bonchev–Trinajstić information content (AvgIpc) is 2.88. The van der Waals surface area contributed by atoms with Crippen LogP contribution in [0.15, 0.2) is 0 Å². The van der Waals surface area contributed by atoms with Crippen molar-refractivity contribution in [3.8, 4) is 0 Å². The van der Waals surface area contributed by atoms with Crippen LogP contribution in [-0.2, 0) is 4.74 Å². The van der Waals surface area contributed by atoms with Crippen LogP contribution in [0.5, 0.6) is 0 Å². The fourth-order valence-corrected chi connectivity index (χ4v) is 3.35. The monoisotopic (exact) mass is 333 g/mol. The van der Waals surface area contributed by atoms with Gasteiger partial charge in [0.25, 0.3) is 0 Å². The number of nitrogens with zero attached hydrogens (tertiary/aromatic N) is 3. The van der Waals surface area contributed by atoms with Crippen LogP contribution in [0.2, 0.25) is 5.15 Å². The van der Waals surface area contributed by atoms with E-state index >= 15 is 0 Å². The molecule has 0 unspecified atom stereocenters. The predicted molar refractivity (Wildman–Crippen MR) is 88.8 cm³/mol. The van der Waals surface area contributed by atoms with Crippen molar-refractivity contribution in [3.05, 3.63) is 10.0 Å². The quantitative estimate of drug-likeness (QED) is 0.650. The summed E-state index contributed by atoms with van der Waals surface area (Å²) >= 11 is 7.30. The summed E-state index contributed by atoms with van der Waals surface area (Å²) in [6.45, 7) is 11.3. The van der Waals surface area contributed by atoms with E-state index in [1.54, 1.807) is 0 Å². The predicted octanol–water partition coefficient (Wildman–Crippen LogP) is 3.14. The second-order valence-electron chi connectivity index (χ2n) is 4.57. The smallest absolute Gasteiger partial charge is 0.351 e. The van der Waals surface area contributed by atoms with Gasteiger partial charge in [0.2, 0.25) is 0 Å². The summed E-state index contributed by atoms with van der Waals surface area (Å²) in [5, 5.41) is 1.01. The number of aromatic nitrogens is 1. The Kier molecular flexibility index (Phi) is 8.00. The molecule has 21 heavy (non-hydrogen) atoms.